The van der Waals surface area contributed by atoms with Gasteiger partial charge in [-0.05, 0) is 61.7 Å². The number of halogens is 3. The van der Waals surface area contributed by atoms with E-state index in [0.717, 1.165) is 6.07 Å². The molecule has 0 aromatic heterocycles. The number of amides is 2. The predicted molar refractivity (Wildman–Crippen MR) is 92.4 cm³/mol. The van der Waals surface area contributed by atoms with Crippen LogP contribution in [-0.2, 0) is 4.74 Å². The van der Waals surface area contributed by atoms with Gasteiger partial charge in [0.15, 0.2) is 5.82 Å². The van der Waals surface area contributed by atoms with Gasteiger partial charge in [-0.2, -0.15) is 0 Å². The van der Waals surface area contributed by atoms with Gasteiger partial charge in [0.2, 0.25) is 0 Å². The van der Waals surface area contributed by atoms with Crippen LogP contribution in [0.1, 0.15) is 44.0 Å². The molecule has 0 aliphatic carbocycles. The van der Waals surface area contributed by atoms with Crippen LogP contribution >= 0.6 is 15.9 Å². The molecule has 5 nitrogen and oxygen atoms in total. The topological polar surface area (TPSA) is 58.6 Å². The summed E-state index contributed by atoms with van der Waals surface area (Å²) in [7, 11) is 0. The number of piperidine rings is 1. The van der Waals surface area contributed by atoms with E-state index in [1.165, 1.54) is 11.0 Å². The van der Waals surface area contributed by atoms with Crippen LogP contribution in [0.5, 0.6) is 0 Å². The molecule has 1 N–H and O–H groups in total. The van der Waals surface area contributed by atoms with E-state index in [1.807, 2.05) is 0 Å². The van der Waals surface area contributed by atoms with Gasteiger partial charge in [-0.25, -0.2) is 13.6 Å². The summed E-state index contributed by atoms with van der Waals surface area (Å²) >= 11 is 2.94. The fraction of sp³-hybridized carbons (Fsp3) is 0.529. The van der Waals surface area contributed by atoms with Gasteiger partial charge in [0.1, 0.15) is 17.0 Å². The highest BCUT2D eigenvalue weighted by Crippen LogP contribution is 2.22. The number of nitrogens with one attached hydrogen (secondary N) is 1. The van der Waals surface area contributed by atoms with Gasteiger partial charge in [-0.1, -0.05) is 0 Å². The Hall–Kier alpha value is -1.70. The van der Waals surface area contributed by atoms with E-state index >= 15 is 0 Å². The Balaban J connectivity index is 2.04. The molecular weight excluding hydrogens is 398 g/mol. The Morgan fingerprint density at radius 3 is 2.64 bits per heavy atom. The molecule has 0 saturated carbocycles. The molecule has 1 aromatic rings. The van der Waals surface area contributed by atoms with Crippen molar-refractivity contribution in [2.75, 3.05) is 13.1 Å². The van der Waals surface area contributed by atoms with E-state index in [9.17, 15) is 18.4 Å². The Morgan fingerprint density at radius 1 is 1.32 bits per heavy atom. The quantitative estimate of drug-likeness (QED) is 0.741. The SMILES string of the molecule is CC(C)(C)OC(=O)N1CCC[C@@H](NC(=O)c2c(F)ccc(Br)c2F)C1. The summed E-state index contributed by atoms with van der Waals surface area (Å²) in [6.45, 7) is 6.06. The van der Waals surface area contributed by atoms with Crippen molar-refractivity contribution in [3.8, 4) is 0 Å². The van der Waals surface area contributed by atoms with Crippen molar-refractivity contribution in [3.05, 3.63) is 33.8 Å². The zero-order valence-corrected chi connectivity index (χ0v) is 16.0. The largest absolute Gasteiger partial charge is 0.444 e. The first kappa shape index (κ1) is 19.6. The van der Waals surface area contributed by atoms with Crippen molar-refractivity contribution in [1.82, 2.24) is 10.2 Å². The monoisotopic (exact) mass is 418 g/mol. The van der Waals surface area contributed by atoms with Gasteiger partial charge >= 0.3 is 6.09 Å². The van der Waals surface area contributed by atoms with Gasteiger partial charge < -0.3 is 15.0 Å². The molecule has 1 saturated heterocycles. The molecule has 1 atom stereocenters. The molecule has 2 rings (SSSR count). The van der Waals surface area contributed by atoms with E-state index in [1.54, 1.807) is 20.8 Å². The van der Waals surface area contributed by atoms with Crippen LogP contribution in [0.25, 0.3) is 0 Å². The molecule has 1 aliphatic rings. The van der Waals surface area contributed by atoms with Crippen molar-refractivity contribution < 1.29 is 23.1 Å². The van der Waals surface area contributed by atoms with Crippen molar-refractivity contribution in [3.63, 3.8) is 0 Å². The Morgan fingerprint density at radius 2 is 2.00 bits per heavy atom. The molecule has 0 unspecified atom stereocenters. The predicted octanol–water partition coefficient (Wildman–Crippen LogP) is 3.86. The summed E-state index contributed by atoms with van der Waals surface area (Å²) in [4.78, 5) is 25.9. The van der Waals surface area contributed by atoms with Crippen molar-refractivity contribution in [1.29, 1.82) is 0 Å². The molecule has 1 aromatic carbocycles. The molecule has 138 valence electrons. The van der Waals surface area contributed by atoms with Gasteiger partial charge in [0.05, 0.1) is 4.47 Å². The number of carbonyl (C=O) groups excluding carboxylic acids is 2. The van der Waals surface area contributed by atoms with E-state index in [0.29, 0.717) is 19.4 Å². The molecule has 8 heteroatoms. The number of hydrogen-bond donors (Lipinski definition) is 1. The van der Waals surface area contributed by atoms with Gasteiger partial charge in [0, 0.05) is 19.1 Å². The van der Waals surface area contributed by atoms with Gasteiger partial charge in [-0.3, -0.25) is 4.79 Å². The second kappa shape index (κ2) is 7.68. The Bertz CT molecular complexity index is 677. The molecular formula is C17H21BrF2N2O3. The lowest BCUT2D eigenvalue weighted by Crippen LogP contribution is -2.50. The van der Waals surface area contributed by atoms with E-state index in [2.05, 4.69) is 21.2 Å². The van der Waals surface area contributed by atoms with Crippen LogP contribution in [0.4, 0.5) is 13.6 Å². The average Bonchev–Trinajstić information content (AvgIpc) is 2.50. The highest BCUT2D eigenvalue weighted by Gasteiger charge is 2.29. The second-order valence-electron chi connectivity index (χ2n) is 6.96. The summed E-state index contributed by atoms with van der Waals surface area (Å²) in [5.41, 5.74) is -1.25. The highest BCUT2D eigenvalue weighted by atomic mass is 79.9. The fourth-order valence-corrected chi connectivity index (χ4v) is 2.91. The summed E-state index contributed by atoms with van der Waals surface area (Å²) < 4.78 is 33.2. The van der Waals surface area contributed by atoms with Crippen LogP contribution in [-0.4, -0.2) is 41.6 Å². The molecule has 25 heavy (non-hydrogen) atoms. The van der Waals surface area contributed by atoms with E-state index in [4.69, 9.17) is 4.74 Å². The number of carbonyl (C=O) groups is 2. The number of likely N-dealkylation sites (tertiary alicyclic amines) is 1. The van der Waals surface area contributed by atoms with Gasteiger partial charge in [-0.15, -0.1) is 0 Å². The summed E-state index contributed by atoms with van der Waals surface area (Å²) in [6.07, 6.45) is 0.807. The number of hydrogen-bond acceptors (Lipinski definition) is 3. The van der Waals surface area contributed by atoms with Crippen LogP contribution in [0.3, 0.4) is 0 Å². The molecule has 0 bridgehead atoms. The highest BCUT2D eigenvalue weighted by molar-refractivity contribution is 9.10. The maximum atomic E-state index is 14.0. The Labute approximate surface area is 153 Å². The lowest BCUT2D eigenvalue weighted by Gasteiger charge is -2.34. The molecule has 2 amide bonds. The first-order chi connectivity index (χ1) is 11.6. The number of nitrogens with zero attached hydrogens (tertiary/aromatic N) is 1. The van der Waals surface area contributed by atoms with Crippen LogP contribution in [0.2, 0.25) is 0 Å². The molecule has 0 radical (unpaired) electrons. The zero-order valence-electron chi connectivity index (χ0n) is 14.4. The summed E-state index contributed by atoms with van der Waals surface area (Å²) in [5, 5.41) is 2.60. The normalized spacial score (nSPS) is 18.0. The molecule has 1 heterocycles. The minimum atomic E-state index is -0.947. The average molecular weight is 419 g/mol. The van der Waals surface area contributed by atoms with E-state index in [-0.39, 0.29) is 11.0 Å². The smallest absolute Gasteiger partial charge is 0.410 e. The minimum absolute atomic E-state index is 0.0121. The minimum Gasteiger partial charge on any atom is -0.444 e. The Kier molecular flexibility index (Phi) is 6.03. The van der Waals surface area contributed by atoms with Crippen LogP contribution in [0.15, 0.2) is 16.6 Å². The van der Waals surface area contributed by atoms with Crippen LogP contribution < -0.4 is 5.32 Å². The maximum Gasteiger partial charge on any atom is 0.410 e. The van der Waals surface area contributed by atoms with Crippen molar-refractivity contribution in [2.45, 2.75) is 45.3 Å². The fourth-order valence-electron chi connectivity index (χ4n) is 2.58. The third-order valence-electron chi connectivity index (χ3n) is 3.68. The van der Waals surface area contributed by atoms with Crippen LogP contribution in [0, 0.1) is 11.6 Å². The lowest BCUT2D eigenvalue weighted by atomic mass is 10.1. The maximum absolute atomic E-state index is 14.0. The number of rotatable bonds is 2. The lowest BCUT2D eigenvalue weighted by molar-refractivity contribution is 0.0185. The van der Waals surface area contributed by atoms with Crippen molar-refractivity contribution >= 4 is 27.9 Å². The standard InChI is InChI=1S/C17H21BrF2N2O3/c1-17(2,3)25-16(24)22-8-4-5-10(9-22)21-15(23)13-12(19)7-6-11(18)14(13)20/h6-7,10H,4-5,8-9H2,1-3H3,(H,21,23)/t10-/m1/s1. The number of ether oxygens (including phenoxy) is 1. The van der Waals surface area contributed by atoms with Gasteiger partial charge in [0.25, 0.3) is 5.91 Å². The molecule has 1 aliphatic heterocycles. The third-order valence-corrected chi connectivity index (χ3v) is 4.29. The summed E-state index contributed by atoms with van der Waals surface area (Å²) in [5.74, 6) is -2.72. The first-order valence-electron chi connectivity index (χ1n) is 8.01. The second-order valence-corrected chi connectivity index (χ2v) is 7.81. The van der Waals surface area contributed by atoms with Crippen molar-refractivity contribution in [2.24, 2.45) is 0 Å². The zero-order chi connectivity index (χ0) is 18.8. The third kappa shape index (κ3) is 5.14. The first-order valence-corrected chi connectivity index (χ1v) is 8.80. The number of benzene rings is 1. The van der Waals surface area contributed by atoms with E-state index < -0.39 is 40.8 Å². The summed E-state index contributed by atoms with van der Waals surface area (Å²) in [6, 6.07) is 1.83. The molecule has 1 fully saturated rings. The molecule has 0 spiro atoms.